The number of benzene rings is 2. The lowest BCUT2D eigenvalue weighted by molar-refractivity contribution is 0.414. The highest BCUT2D eigenvalue weighted by Crippen LogP contribution is 2.17. The van der Waals surface area contributed by atoms with Crippen LogP contribution in [-0.4, -0.2) is 20.5 Å². The van der Waals surface area contributed by atoms with Crippen molar-refractivity contribution in [3.05, 3.63) is 54.4 Å². The monoisotopic (exact) mass is 318 g/mol. The summed E-state index contributed by atoms with van der Waals surface area (Å²) in [4.78, 5) is 4.38. The van der Waals surface area contributed by atoms with E-state index in [0.29, 0.717) is 22.7 Å². The first-order valence-corrected chi connectivity index (χ1v) is 8.05. The Balaban J connectivity index is 1.76. The van der Waals surface area contributed by atoms with Crippen molar-refractivity contribution < 1.29 is 17.6 Å². The van der Waals surface area contributed by atoms with Crippen LogP contribution >= 0.6 is 0 Å². The Kier molecular flexibility index (Phi) is 3.82. The number of para-hydroxylation sites is 2. The quantitative estimate of drug-likeness (QED) is 0.780. The molecular weight excluding hydrogens is 304 g/mol. The second-order valence-electron chi connectivity index (χ2n) is 4.58. The van der Waals surface area contributed by atoms with Crippen molar-refractivity contribution >= 4 is 21.1 Å². The zero-order chi connectivity index (χ0) is 15.6. The van der Waals surface area contributed by atoms with Crippen molar-refractivity contribution in [2.75, 3.05) is 7.11 Å². The number of rotatable bonds is 5. The molecule has 22 heavy (non-hydrogen) atoms. The number of nitrogens with one attached hydrogen (secondary N) is 1. The number of hydrogen-bond acceptors (Lipinski definition) is 5. The molecule has 114 valence electrons. The number of nitrogens with zero attached hydrogens (tertiary/aromatic N) is 1. The van der Waals surface area contributed by atoms with Crippen molar-refractivity contribution in [3.8, 4) is 5.75 Å². The Hall–Kier alpha value is -2.38. The van der Waals surface area contributed by atoms with Crippen LogP contribution in [0.15, 0.2) is 57.8 Å². The lowest BCUT2D eigenvalue weighted by atomic mass is 10.3. The van der Waals surface area contributed by atoms with Crippen LogP contribution in [0.1, 0.15) is 5.89 Å². The third-order valence-corrected chi connectivity index (χ3v) is 4.54. The van der Waals surface area contributed by atoms with E-state index in [1.165, 1.54) is 19.2 Å². The predicted octanol–water partition coefficient (Wildman–Crippen LogP) is 2.31. The summed E-state index contributed by atoms with van der Waals surface area (Å²) in [6.45, 7) is -0.0109. The van der Waals surface area contributed by atoms with Gasteiger partial charge in [-0.2, -0.15) is 0 Å². The van der Waals surface area contributed by atoms with Gasteiger partial charge in [0.2, 0.25) is 15.9 Å². The topological polar surface area (TPSA) is 81.4 Å². The number of fused-ring (bicyclic) bond motifs is 1. The molecule has 7 heteroatoms. The summed E-state index contributed by atoms with van der Waals surface area (Å²) in [7, 11) is -2.10. The third kappa shape index (κ3) is 2.95. The summed E-state index contributed by atoms with van der Waals surface area (Å²) in [5.74, 6) is 0.913. The van der Waals surface area contributed by atoms with Gasteiger partial charge < -0.3 is 9.15 Å². The van der Waals surface area contributed by atoms with Gasteiger partial charge in [0.05, 0.1) is 18.6 Å². The van der Waals surface area contributed by atoms with Gasteiger partial charge in [0.25, 0.3) is 0 Å². The Bertz CT molecular complexity index is 852. The molecular formula is C15H14N2O4S. The molecule has 0 unspecified atom stereocenters. The van der Waals surface area contributed by atoms with Gasteiger partial charge in [0, 0.05) is 0 Å². The first-order chi connectivity index (χ1) is 10.6. The van der Waals surface area contributed by atoms with Gasteiger partial charge in [-0.25, -0.2) is 18.1 Å². The van der Waals surface area contributed by atoms with E-state index in [1.807, 2.05) is 12.1 Å². The Morgan fingerprint density at radius 2 is 1.86 bits per heavy atom. The molecule has 0 spiro atoms. The molecule has 6 nitrogen and oxygen atoms in total. The molecule has 0 aliphatic rings. The summed E-state index contributed by atoms with van der Waals surface area (Å²) in [6, 6.07) is 13.4. The van der Waals surface area contributed by atoms with Crippen LogP contribution in [0.3, 0.4) is 0 Å². The minimum Gasteiger partial charge on any atom is -0.497 e. The molecule has 0 fully saturated rings. The second kappa shape index (κ2) is 5.78. The fourth-order valence-electron chi connectivity index (χ4n) is 1.99. The molecule has 0 amide bonds. The molecule has 0 saturated heterocycles. The molecule has 0 aliphatic heterocycles. The number of hydrogen-bond donors (Lipinski definition) is 1. The fraction of sp³-hybridized carbons (Fsp3) is 0.133. The highest BCUT2D eigenvalue weighted by molar-refractivity contribution is 7.89. The van der Waals surface area contributed by atoms with E-state index < -0.39 is 10.0 Å². The summed E-state index contributed by atoms with van der Waals surface area (Å²) < 4.78 is 37.3. The summed E-state index contributed by atoms with van der Waals surface area (Å²) in [5, 5.41) is 0. The SMILES string of the molecule is COc1ccc(S(=O)(=O)NCc2nc3ccccc3o2)cc1. The highest BCUT2D eigenvalue weighted by Gasteiger charge is 2.15. The molecule has 3 rings (SSSR count). The lowest BCUT2D eigenvalue weighted by Crippen LogP contribution is -2.23. The molecule has 1 N–H and O–H groups in total. The highest BCUT2D eigenvalue weighted by atomic mass is 32.2. The summed E-state index contributed by atoms with van der Waals surface area (Å²) >= 11 is 0. The average molecular weight is 318 g/mol. The predicted molar refractivity (Wildman–Crippen MR) is 81.0 cm³/mol. The van der Waals surface area contributed by atoms with Crippen LogP contribution in [-0.2, 0) is 16.6 Å². The van der Waals surface area contributed by atoms with Crippen LogP contribution in [0.2, 0.25) is 0 Å². The van der Waals surface area contributed by atoms with Crippen molar-refractivity contribution in [1.29, 1.82) is 0 Å². The van der Waals surface area contributed by atoms with Crippen molar-refractivity contribution in [3.63, 3.8) is 0 Å². The van der Waals surface area contributed by atoms with Gasteiger partial charge in [-0.05, 0) is 36.4 Å². The van der Waals surface area contributed by atoms with Gasteiger partial charge in [-0.3, -0.25) is 0 Å². The van der Waals surface area contributed by atoms with E-state index in [9.17, 15) is 8.42 Å². The standard InChI is InChI=1S/C15H14N2O4S/c1-20-11-6-8-12(9-7-11)22(18,19)16-10-15-17-13-4-2-3-5-14(13)21-15/h2-9,16H,10H2,1H3. The number of sulfonamides is 1. The maximum absolute atomic E-state index is 12.2. The number of ether oxygens (including phenoxy) is 1. The van der Waals surface area contributed by atoms with E-state index in [1.54, 1.807) is 24.3 Å². The molecule has 0 bridgehead atoms. The van der Waals surface area contributed by atoms with Crippen LogP contribution in [0, 0.1) is 0 Å². The van der Waals surface area contributed by atoms with Gasteiger partial charge in [-0.15, -0.1) is 0 Å². The van der Waals surface area contributed by atoms with E-state index >= 15 is 0 Å². The molecule has 1 heterocycles. The largest absolute Gasteiger partial charge is 0.497 e. The molecule has 3 aromatic rings. The van der Waals surface area contributed by atoms with Crippen molar-refractivity contribution in [1.82, 2.24) is 9.71 Å². The average Bonchev–Trinajstić information content (AvgIpc) is 2.96. The van der Waals surface area contributed by atoms with Crippen LogP contribution in [0.4, 0.5) is 0 Å². The normalized spacial score (nSPS) is 11.7. The van der Waals surface area contributed by atoms with Gasteiger partial charge in [0.15, 0.2) is 5.58 Å². The molecule has 0 radical (unpaired) electrons. The van der Waals surface area contributed by atoms with Crippen molar-refractivity contribution in [2.24, 2.45) is 0 Å². The second-order valence-corrected chi connectivity index (χ2v) is 6.34. The number of aromatic nitrogens is 1. The van der Waals surface area contributed by atoms with E-state index in [-0.39, 0.29) is 11.4 Å². The van der Waals surface area contributed by atoms with Crippen molar-refractivity contribution in [2.45, 2.75) is 11.4 Å². The van der Waals surface area contributed by atoms with Crippen LogP contribution in [0.5, 0.6) is 5.75 Å². The first kappa shape index (κ1) is 14.6. The van der Waals surface area contributed by atoms with E-state index in [2.05, 4.69) is 9.71 Å². The molecule has 0 aliphatic carbocycles. The maximum Gasteiger partial charge on any atom is 0.241 e. The van der Waals surface area contributed by atoms with Crippen LogP contribution in [0.25, 0.3) is 11.1 Å². The first-order valence-electron chi connectivity index (χ1n) is 6.57. The number of methoxy groups -OCH3 is 1. The third-order valence-electron chi connectivity index (χ3n) is 3.12. The van der Waals surface area contributed by atoms with Gasteiger partial charge in [-0.1, -0.05) is 12.1 Å². The molecule has 0 atom stereocenters. The minimum atomic E-state index is -3.63. The Morgan fingerprint density at radius 3 is 2.55 bits per heavy atom. The fourth-order valence-corrected chi connectivity index (χ4v) is 2.97. The zero-order valence-corrected chi connectivity index (χ0v) is 12.6. The lowest BCUT2D eigenvalue weighted by Gasteiger charge is -2.05. The van der Waals surface area contributed by atoms with E-state index in [0.717, 1.165) is 0 Å². The maximum atomic E-state index is 12.2. The Labute approximate surface area is 127 Å². The van der Waals surface area contributed by atoms with Crippen LogP contribution < -0.4 is 9.46 Å². The zero-order valence-electron chi connectivity index (χ0n) is 11.8. The van der Waals surface area contributed by atoms with Gasteiger partial charge >= 0.3 is 0 Å². The minimum absolute atomic E-state index is 0.0109. The Morgan fingerprint density at radius 1 is 1.14 bits per heavy atom. The molecule has 2 aromatic carbocycles. The molecule has 1 aromatic heterocycles. The summed E-state index contributed by atoms with van der Waals surface area (Å²) in [6.07, 6.45) is 0. The molecule has 0 saturated carbocycles. The summed E-state index contributed by atoms with van der Waals surface area (Å²) in [5.41, 5.74) is 1.32. The van der Waals surface area contributed by atoms with E-state index in [4.69, 9.17) is 9.15 Å². The smallest absolute Gasteiger partial charge is 0.241 e. The number of oxazole rings is 1. The van der Waals surface area contributed by atoms with Gasteiger partial charge in [0.1, 0.15) is 11.3 Å².